The predicted octanol–water partition coefficient (Wildman–Crippen LogP) is 1.49. The molecule has 0 saturated heterocycles. The molecule has 0 bridgehead atoms. The van der Waals surface area contributed by atoms with E-state index in [0.717, 1.165) is 5.56 Å². The van der Waals surface area contributed by atoms with Gasteiger partial charge in [-0.1, -0.05) is 18.2 Å². The highest BCUT2D eigenvalue weighted by Gasteiger charge is 2.11. The fourth-order valence-corrected chi connectivity index (χ4v) is 2.92. The zero-order chi connectivity index (χ0) is 16.0. The molecule has 1 heterocycles. The smallest absolute Gasteiger partial charge is 0.337 e. The first-order valence-corrected chi connectivity index (χ1v) is 8.19. The van der Waals surface area contributed by atoms with Crippen LogP contribution in [0.1, 0.15) is 21.5 Å². The minimum Gasteiger partial charge on any atom is -0.465 e. The number of aromatic nitrogens is 1. The number of sulfonamides is 1. The number of nitrogens with one attached hydrogen (secondary N) is 1. The number of carbonyl (C=O) groups excluding carboxylic acids is 1. The van der Waals surface area contributed by atoms with Crippen LogP contribution in [0.5, 0.6) is 0 Å². The van der Waals surface area contributed by atoms with E-state index in [-0.39, 0.29) is 12.3 Å². The van der Waals surface area contributed by atoms with E-state index < -0.39 is 16.0 Å². The van der Waals surface area contributed by atoms with E-state index >= 15 is 0 Å². The van der Waals surface area contributed by atoms with Crippen molar-refractivity contribution in [3.8, 4) is 0 Å². The molecule has 0 atom stereocenters. The third kappa shape index (κ3) is 4.64. The molecule has 1 N–H and O–H groups in total. The largest absolute Gasteiger partial charge is 0.465 e. The third-order valence-corrected chi connectivity index (χ3v) is 4.25. The number of nitrogens with zero attached hydrogens (tertiary/aromatic N) is 1. The van der Waals surface area contributed by atoms with Gasteiger partial charge in [-0.15, -0.1) is 0 Å². The Kier molecular flexibility index (Phi) is 5.24. The van der Waals surface area contributed by atoms with Crippen LogP contribution in [-0.2, 0) is 27.1 Å². The Hall–Kier alpha value is -2.25. The Morgan fingerprint density at radius 1 is 1.18 bits per heavy atom. The van der Waals surface area contributed by atoms with Crippen molar-refractivity contribution in [2.75, 3.05) is 7.11 Å². The van der Waals surface area contributed by atoms with Crippen molar-refractivity contribution in [2.45, 2.75) is 12.3 Å². The van der Waals surface area contributed by atoms with Gasteiger partial charge in [0.1, 0.15) is 0 Å². The fraction of sp³-hybridized carbons (Fsp3) is 0.200. The summed E-state index contributed by atoms with van der Waals surface area (Å²) in [4.78, 5) is 15.2. The first-order chi connectivity index (χ1) is 10.5. The van der Waals surface area contributed by atoms with E-state index in [1.54, 1.807) is 42.6 Å². The van der Waals surface area contributed by atoms with Gasteiger partial charge < -0.3 is 4.74 Å². The number of rotatable bonds is 6. The van der Waals surface area contributed by atoms with Crippen molar-refractivity contribution in [1.29, 1.82) is 0 Å². The van der Waals surface area contributed by atoms with E-state index in [0.29, 0.717) is 11.1 Å². The average molecular weight is 320 g/mol. The molecule has 0 unspecified atom stereocenters. The number of benzene rings is 1. The summed E-state index contributed by atoms with van der Waals surface area (Å²) in [5.74, 6) is -0.551. The van der Waals surface area contributed by atoms with E-state index in [2.05, 4.69) is 14.4 Å². The Balaban J connectivity index is 1.95. The maximum atomic E-state index is 12.0. The quantitative estimate of drug-likeness (QED) is 0.815. The van der Waals surface area contributed by atoms with Crippen LogP contribution < -0.4 is 4.72 Å². The Bertz CT molecular complexity index is 728. The zero-order valence-electron chi connectivity index (χ0n) is 12.0. The number of esters is 1. The van der Waals surface area contributed by atoms with Gasteiger partial charge in [0.2, 0.25) is 10.0 Å². The van der Waals surface area contributed by atoms with Gasteiger partial charge in [-0.25, -0.2) is 17.9 Å². The highest BCUT2D eigenvalue weighted by molar-refractivity contribution is 7.88. The number of hydrogen-bond acceptors (Lipinski definition) is 5. The Morgan fingerprint density at radius 2 is 1.91 bits per heavy atom. The van der Waals surface area contributed by atoms with Crippen molar-refractivity contribution >= 4 is 16.0 Å². The van der Waals surface area contributed by atoms with Crippen LogP contribution in [0.4, 0.5) is 0 Å². The van der Waals surface area contributed by atoms with Gasteiger partial charge in [0.15, 0.2) is 0 Å². The van der Waals surface area contributed by atoms with Crippen LogP contribution in [0.15, 0.2) is 48.8 Å². The molecule has 0 aliphatic carbocycles. The molecular weight excluding hydrogens is 304 g/mol. The van der Waals surface area contributed by atoms with E-state index in [1.807, 2.05) is 0 Å². The summed E-state index contributed by atoms with van der Waals surface area (Å²) in [6.07, 6.45) is 3.11. The summed E-state index contributed by atoms with van der Waals surface area (Å²) >= 11 is 0. The molecule has 2 rings (SSSR count). The molecule has 7 heteroatoms. The van der Waals surface area contributed by atoms with Crippen molar-refractivity contribution in [1.82, 2.24) is 9.71 Å². The van der Waals surface area contributed by atoms with Gasteiger partial charge in [-0.3, -0.25) is 4.98 Å². The summed E-state index contributed by atoms with van der Waals surface area (Å²) in [5, 5.41) is 0. The van der Waals surface area contributed by atoms with Gasteiger partial charge in [0.05, 0.1) is 18.4 Å². The maximum Gasteiger partial charge on any atom is 0.337 e. The Labute approximate surface area is 129 Å². The lowest BCUT2D eigenvalue weighted by molar-refractivity contribution is 0.0600. The Morgan fingerprint density at radius 3 is 2.50 bits per heavy atom. The second kappa shape index (κ2) is 7.15. The second-order valence-corrected chi connectivity index (χ2v) is 6.44. The molecule has 0 amide bonds. The second-order valence-electron chi connectivity index (χ2n) is 4.63. The molecule has 0 radical (unpaired) electrons. The lowest BCUT2D eigenvalue weighted by Gasteiger charge is -2.07. The zero-order valence-corrected chi connectivity index (χ0v) is 12.8. The van der Waals surface area contributed by atoms with E-state index in [9.17, 15) is 13.2 Å². The molecular formula is C15H16N2O4S. The van der Waals surface area contributed by atoms with Gasteiger partial charge in [-0.2, -0.15) is 0 Å². The number of carbonyl (C=O) groups is 1. The fourth-order valence-electron chi connectivity index (χ4n) is 1.82. The van der Waals surface area contributed by atoms with Crippen molar-refractivity contribution < 1.29 is 17.9 Å². The van der Waals surface area contributed by atoms with Gasteiger partial charge in [-0.05, 0) is 29.3 Å². The number of methoxy groups -OCH3 is 1. The molecule has 0 spiro atoms. The monoisotopic (exact) mass is 320 g/mol. The summed E-state index contributed by atoms with van der Waals surface area (Å²) in [7, 11) is -2.14. The van der Waals surface area contributed by atoms with Crippen molar-refractivity contribution in [3.05, 3.63) is 65.5 Å². The van der Waals surface area contributed by atoms with Crippen LogP contribution >= 0.6 is 0 Å². The normalized spacial score (nSPS) is 11.1. The van der Waals surface area contributed by atoms with E-state index in [4.69, 9.17) is 0 Å². The molecule has 0 aliphatic heterocycles. The molecule has 6 nitrogen and oxygen atoms in total. The van der Waals surface area contributed by atoms with Gasteiger partial charge in [0, 0.05) is 18.9 Å². The van der Waals surface area contributed by atoms with Crippen LogP contribution in [0, 0.1) is 0 Å². The summed E-state index contributed by atoms with van der Waals surface area (Å²) < 4.78 is 31.1. The summed E-state index contributed by atoms with van der Waals surface area (Å²) in [6.45, 7) is 0.157. The molecule has 1 aromatic heterocycles. The molecule has 0 fully saturated rings. The third-order valence-electron chi connectivity index (χ3n) is 2.95. The number of ether oxygens (including phenoxy) is 1. The minimum absolute atomic E-state index is 0.124. The minimum atomic E-state index is -3.45. The first-order valence-electron chi connectivity index (χ1n) is 6.54. The predicted molar refractivity (Wildman–Crippen MR) is 81.5 cm³/mol. The molecule has 0 saturated carbocycles. The van der Waals surface area contributed by atoms with Gasteiger partial charge in [0.25, 0.3) is 0 Å². The highest BCUT2D eigenvalue weighted by Crippen LogP contribution is 2.07. The number of hydrogen-bond donors (Lipinski definition) is 1. The SMILES string of the molecule is COC(=O)c1ccc(CNS(=O)(=O)Cc2cccnc2)cc1. The molecule has 1 aromatic carbocycles. The lowest BCUT2D eigenvalue weighted by atomic mass is 10.1. The maximum absolute atomic E-state index is 12.0. The van der Waals surface area contributed by atoms with Crippen molar-refractivity contribution in [2.24, 2.45) is 0 Å². The highest BCUT2D eigenvalue weighted by atomic mass is 32.2. The van der Waals surface area contributed by atoms with Crippen LogP contribution in [0.2, 0.25) is 0 Å². The standard InChI is InChI=1S/C15H16N2O4S/c1-21-15(18)14-6-4-12(5-7-14)10-17-22(19,20)11-13-3-2-8-16-9-13/h2-9,17H,10-11H2,1H3. The van der Waals surface area contributed by atoms with Crippen molar-refractivity contribution in [3.63, 3.8) is 0 Å². The van der Waals surface area contributed by atoms with E-state index in [1.165, 1.54) is 13.3 Å². The topological polar surface area (TPSA) is 85.4 Å². The van der Waals surface area contributed by atoms with Crippen LogP contribution in [0.3, 0.4) is 0 Å². The summed E-state index contributed by atoms with van der Waals surface area (Å²) in [6, 6.07) is 9.94. The molecule has 2 aromatic rings. The molecule has 116 valence electrons. The van der Waals surface area contributed by atoms with Crippen LogP contribution in [0.25, 0.3) is 0 Å². The molecule has 0 aliphatic rings. The molecule has 22 heavy (non-hydrogen) atoms. The summed E-state index contributed by atoms with van der Waals surface area (Å²) in [5.41, 5.74) is 1.79. The number of pyridine rings is 1. The first kappa shape index (κ1) is 16.1. The van der Waals surface area contributed by atoms with Crippen LogP contribution in [-0.4, -0.2) is 26.5 Å². The van der Waals surface area contributed by atoms with Gasteiger partial charge >= 0.3 is 5.97 Å². The average Bonchev–Trinajstić information content (AvgIpc) is 2.53. The lowest BCUT2D eigenvalue weighted by Crippen LogP contribution is -2.24.